The number of alkyl halides is 1. The van der Waals surface area contributed by atoms with Crippen molar-refractivity contribution < 1.29 is 29.6 Å². The number of carbonyl (C=O) groups excluding carboxylic acids is 1. The predicted molar refractivity (Wildman–Crippen MR) is 109 cm³/mol. The Morgan fingerprint density at radius 1 is 1.13 bits per heavy atom. The van der Waals surface area contributed by atoms with Gasteiger partial charge in [0.2, 0.25) is 0 Å². The van der Waals surface area contributed by atoms with E-state index < -0.39 is 28.0 Å². The molecule has 3 N–H and O–H groups in total. The molecule has 0 saturated heterocycles. The summed E-state index contributed by atoms with van der Waals surface area (Å²) in [7, 11) is 0. The third kappa shape index (κ3) is 2.39. The van der Waals surface area contributed by atoms with Crippen LogP contribution in [0, 0.1) is 28.6 Å². The van der Waals surface area contributed by atoms with Gasteiger partial charge in [0.1, 0.15) is 6.61 Å². The largest absolute Gasteiger partial charge is 0.481 e. The SMILES string of the molecule is CC12CCC3C(CCC4(O)CC(O)CCC34C(=O)O)[C@]1(Cl)CC[C@H]2C1=CC(=O)OC1. The van der Waals surface area contributed by atoms with Gasteiger partial charge in [-0.2, -0.15) is 0 Å². The molecule has 5 rings (SSSR count). The van der Waals surface area contributed by atoms with Crippen LogP contribution in [0.1, 0.15) is 64.7 Å². The number of aliphatic hydroxyl groups is 2. The standard InChI is InChI=1S/C23H31ClO6/c1-20-6-3-16-17(23(20,24)9-5-15(20)13-10-18(26)30-12-13)4-7-21(29)11-14(25)2-8-22(16,21)19(27)28/h10,14-17,25,29H,2-9,11-12H2,1H3,(H,27,28)/t14?,15-,16?,17?,20?,21?,22?,23+/m0/s1. The van der Waals surface area contributed by atoms with Crippen molar-refractivity contribution in [1.29, 1.82) is 0 Å². The van der Waals surface area contributed by atoms with Crippen LogP contribution in [0.2, 0.25) is 0 Å². The van der Waals surface area contributed by atoms with E-state index in [-0.39, 0.29) is 35.6 Å². The molecule has 4 saturated carbocycles. The van der Waals surface area contributed by atoms with Crippen LogP contribution in [-0.2, 0) is 14.3 Å². The second kappa shape index (κ2) is 6.46. The Kier molecular flexibility index (Phi) is 4.47. The summed E-state index contributed by atoms with van der Waals surface area (Å²) in [6, 6.07) is 0. The second-order valence-electron chi connectivity index (χ2n) is 10.7. The van der Waals surface area contributed by atoms with Crippen molar-refractivity contribution in [2.45, 2.75) is 81.3 Å². The fourth-order valence-corrected chi connectivity index (χ4v) is 9.03. The van der Waals surface area contributed by atoms with Gasteiger partial charge in [-0.1, -0.05) is 6.92 Å². The van der Waals surface area contributed by atoms with Crippen LogP contribution in [0.25, 0.3) is 0 Å². The van der Waals surface area contributed by atoms with Gasteiger partial charge < -0.3 is 20.1 Å². The lowest BCUT2D eigenvalue weighted by atomic mass is 9.42. The van der Waals surface area contributed by atoms with E-state index in [0.717, 1.165) is 24.8 Å². The molecule has 1 aliphatic heterocycles. The number of halogens is 1. The highest BCUT2D eigenvalue weighted by atomic mass is 35.5. The summed E-state index contributed by atoms with van der Waals surface area (Å²) in [6.45, 7) is 2.53. The molecule has 6 nitrogen and oxygen atoms in total. The second-order valence-corrected chi connectivity index (χ2v) is 11.4. The van der Waals surface area contributed by atoms with Crippen LogP contribution in [0.3, 0.4) is 0 Å². The summed E-state index contributed by atoms with van der Waals surface area (Å²) < 4.78 is 5.17. The summed E-state index contributed by atoms with van der Waals surface area (Å²) >= 11 is 7.49. The first-order valence-corrected chi connectivity index (χ1v) is 11.7. The van der Waals surface area contributed by atoms with Crippen molar-refractivity contribution in [2.24, 2.45) is 28.6 Å². The molecule has 0 bridgehead atoms. The summed E-state index contributed by atoms with van der Waals surface area (Å²) in [5.41, 5.74) is -1.85. The van der Waals surface area contributed by atoms with Gasteiger partial charge >= 0.3 is 11.9 Å². The van der Waals surface area contributed by atoms with Crippen LogP contribution in [0.15, 0.2) is 11.6 Å². The lowest BCUT2D eigenvalue weighted by molar-refractivity contribution is -0.232. The summed E-state index contributed by atoms with van der Waals surface area (Å²) in [5, 5.41) is 32.1. The molecule has 0 aromatic carbocycles. The number of hydrogen-bond acceptors (Lipinski definition) is 5. The van der Waals surface area contributed by atoms with Crippen molar-refractivity contribution in [3.05, 3.63) is 11.6 Å². The predicted octanol–water partition coefficient (Wildman–Crippen LogP) is 3.03. The van der Waals surface area contributed by atoms with E-state index in [1.807, 2.05) is 0 Å². The number of aliphatic hydroxyl groups excluding tert-OH is 1. The molecular formula is C23H31ClO6. The smallest absolute Gasteiger partial charge is 0.331 e. The van der Waals surface area contributed by atoms with E-state index in [1.54, 1.807) is 6.08 Å². The molecule has 30 heavy (non-hydrogen) atoms. The van der Waals surface area contributed by atoms with Crippen molar-refractivity contribution >= 4 is 23.5 Å². The maximum Gasteiger partial charge on any atom is 0.331 e. The number of hydrogen-bond donors (Lipinski definition) is 3. The number of aliphatic carboxylic acids is 1. The van der Waals surface area contributed by atoms with E-state index in [2.05, 4.69) is 6.92 Å². The first kappa shape index (κ1) is 20.8. The van der Waals surface area contributed by atoms with Gasteiger partial charge in [-0.05, 0) is 80.1 Å². The van der Waals surface area contributed by atoms with E-state index >= 15 is 0 Å². The van der Waals surface area contributed by atoms with Gasteiger partial charge in [-0.3, -0.25) is 4.79 Å². The van der Waals surface area contributed by atoms with Crippen LogP contribution in [-0.4, -0.2) is 50.4 Å². The first-order chi connectivity index (χ1) is 14.1. The zero-order valence-electron chi connectivity index (χ0n) is 17.4. The highest BCUT2D eigenvalue weighted by molar-refractivity contribution is 6.25. The molecule has 0 aromatic rings. The lowest BCUT2D eigenvalue weighted by Crippen LogP contribution is -2.69. The van der Waals surface area contributed by atoms with Crippen molar-refractivity contribution in [1.82, 2.24) is 0 Å². The Morgan fingerprint density at radius 3 is 2.53 bits per heavy atom. The molecule has 0 spiro atoms. The number of ether oxygens (including phenoxy) is 1. The van der Waals surface area contributed by atoms with Crippen LogP contribution >= 0.6 is 11.6 Å². The minimum Gasteiger partial charge on any atom is -0.481 e. The van der Waals surface area contributed by atoms with Crippen molar-refractivity contribution in [3.8, 4) is 0 Å². The summed E-state index contributed by atoms with van der Waals surface area (Å²) in [4.78, 5) is 23.8. The lowest BCUT2D eigenvalue weighted by Gasteiger charge is -2.65. The number of rotatable bonds is 2. The number of carboxylic acids is 1. The minimum atomic E-state index is -1.38. The third-order valence-electron chi connectivity index (χ3n) is 9.85. The fraction of sp³-hybridized carbons (Fsp3) is 0.826. The van der Waals surface area contributed by atoms with Gasteiger partial charge in [0.25, 0.3) is 0 Å². The van der Waals surface area contributed by atoms with E-state index in [9.17, 15) is 24.9 Å². The van der Waals surface area contributed by atoms with Crippen LogP contribution in [0.4, 0.5) is 0 Å². The Bertz CT molecular complexity index is 827. The molecule has 4 fully saturated rings. The average molecular weight is 439 g/mol. The van der Waals surface area contributed by atoms with Gasteiger partial charge in [0.15, 0.2) is 0 Å². The van der Waals surface area contributed by atoms with Gasteiger partial charge in [0.05, 0.1) is 22.0 Å². The first-order valence-electron chi connectivity index (χ1n) is 11.3. The molecule has 7 heteroatoms. The molecule has 6 unspecified atom stereocenters. The molecule has 1 heterocycles. The maximum absolute atomic E-state index is 12.7. The van der Waals surface area contributed by atoms with Gasteiger partial charge in [-0.25, -0.2) is 4.79 Å². The van der Waals surface area contributed by atoms with E-state index in [4.69, 9.17) is 16.3 Å². The third-order valence-corrected chi connectivity index (χ3v) is 10.8. The molecule has 0 aromatic heterocycles. The number of carbonyl (C=O) groups is 2. The molecular weight excluding hydrogens is 408 g/mol. The van der Waals surface area contributed by atoms with Crippen molar-refractivity contribution in [3.63, 3.8) is 0 Å². The summed E-state index contributed by atoms with van der Waals surface area (Å²) in [5.74, 6) is -1.28. The van der Waals surface area contributed by atoms with Crippen LogP contribution < -0.4 is 0 Å². The molecule has 5 aliphatic rings. The highest BCUT2D eigenvalue weighted by Crippen LogP contribution is 2.72. The topological polar surface area (TPSA) is 104 Å². The van der Waals surface area contributed by atoms with Gasteiger partial charge in [-0.15, -0.1) is 11.6 Å². The normalized spacial score (nSPS) is 52.7. The number of cyclic esters (lactones) is 1. The van der Waals surface area contributed by atoms with Crippen molar-refractivity contribution in [2.75, 3.05) is 6.61 Å². The Labute approximate surface area is 181 Å². The minimum absolute atomic E-state index is 0.00634. The fourth-order valence-electron chi connectivity index (χ4n) is 8.43. The Balaban J connectivity index is 1.54. The molecule has 4 aliphatic carbocycles. The summed E-state index contributed by atoms with van der Waals surface area (Å²) in [6.07, 6.45) is 5.92. The van der Waals surface area contributed by atoms with Crippen LogP contribution in [0.5, 0.6) is 0 Å². The van der Waals surface area contributed by atoms with Gasteiger partial charge in [0, 0.05) is 12.5 Å². The highest BCUT2D eigenvalue weighted by Gasteiger charge is 2.73. The quantitative estimate of drug-likeness (QED) is 0.452. The molecule has 0 amide bonds. The zero-order chi connectivity index (χ0) is 21.5. The monoisotopic (exact) mass is 438 g/mol. The molecule has 0 radical (unpaired) electrons. The van der Waals surface area contributed by atoms with E-state index in [1.165, 1.54) is 0 Å². The Morgan fingerprint density at radius 2 is 1.87 bits per heavy atom. The molecule has 166 valence electrons. The Hall–Kier alpha value is -1.11. The molecule has 8 atom stereocenters. The maximum atomic E-state index is 12.7. The number of carboxylic acid groups (broad SMARTS) is 1. The average Bonchev–Trinajstić information content (AvgIpc) is 3.21. The number of fused-ring (bicyclic) bond motifs is 5. The number of esters is 1. The zero-order valence-corrected chi connectivity index (χ0v) is 18.2. The van der Waals surface area contributed by atoms with E-state index in [0.29, 0.717) is 38.7 Å².